The lowest BCUT2D eigenvalue weighted by atomic mass is 10.0. The molecule has 0 saturated carbocycles. The number of ether oxygens (including phenoxy) is 3. The van der Waals surface area contributed by atoms with Crippen LogP contribution in [-0.2, 0) is 0 Å². The number of hydrogen-bond acceptors (Lipinski definition) is 7. The van der Waals surface area contributed by atoms with Crippen molar-refractivity contribution >= 4 is 22.8 Å². The van der Waals surface area contributed by atoms with Gasteiger partial charge in [-0.3, -0.25) is 4.79 Å². The highest BCUT2D eigenvalue weighted by molar-refractivity contribution is 6.15. The topological polar surface area (TPSA) is 81.4 Å². The van der Waals surface area contributed by atoms with Gasteiger partial charge in [0.05, 0.1) is 25.9 Å². The first kappa shape index (κ1) is 21.3. The van der Waals surface area contributed by atoms with Gasteiger partial charge < -0.3 is 28.6 Å². The molecule has 0 atom stereocenters. The van der Waals surface area contributed by atoms with Gasteiger partial charge in [0.15, 0.2) is 17.1 Å². The summed E-state index contributed by atoms with van der Waals surface area (Å²) in [4.78, 5) is 15.2. The predicted octanol–water partition coefficient (Wildman–Crippen LogP) is 3.99. The predicted molar refractivity (Wildman–Crippen MR) is 115 cm³/mol. The Morgan fingerprint density at radius 1 is 1.13 bits per heavy atom. The highest BCUT2D eigenvalue weighted by Gasteiger charge is 2.28. The summed E-state index contributed by atoms with van der Waals surface area (Å²) in [6.45, 7) is 0.990. The minimum Gasteiger partial charge on any atom is -0.508 e. The summed E-state index contributed by atoms with van der Waals surface area (Å²) in [5.41, 5.74) is 1.38. The van der Waals surface area contributed by atoms with E-state index < -0.39 is 0 Å². The van der Waals surface area contributed by atoms with Crippen LogP contribution >= 0.6 is 0 Å². The van der Waals surface area contributed by atoms with E-state index in [-0.39, 0.29) is 22.8 Å². The van der Waals surface area contributed by atoms with Gasteiger partial charge >= 0.3 is 0 Å². The maximum atomic E-state index is 13.2. The number of carbonyl (C=O) groups excluding carboxylic acids is 1. The number of hydrogen-bond donors (Lipinski definition) is 1. The first-order chi connectivity index (χ1) is 14.5. The van der Waals surface area contributed by atoms with Crippen molar-refractivity contribution in [2.75, 3.05) is 41.5 Å². The third kappa shape index (κ3) is 4.41. The van der Waals surface area contributed by atoms with Crippen molar-refractivity contribution < 1.29 is 28.5 Å². The number of nitrogens with zero attached hydrogens (tertiary/aromatic N) is 1. The molecule has 0 unspecified atom stereocenters. The van der Waals surface area contributed by atoms with E-state index in [2.05, 4.69) is 0 Å². The molecule has 0 amide bonds. The van der Waals surface area contributed by atoms with E-state index in [1.807, 2.05) is 19.0 Å². The van der Waals surface area contributed by atoms with Crippen LogP contribution in [0.1, 0.15) is 15.9 Å². The summed E-state index contributed by atoms with van der Waals surface area (Å²) in [5.74, 6) is 0.755. The molecule has 1 N–H and O–H groups in total. The molecule has 0 bridgehead atoms. The third-order valence-electron chi connectivity index (χ3n) is 4.51. The van der Waals surface area contributed by atoms with Crippen molar-refractivity contribution in [1.82, 2.24) is 4.90 Å². The Kier molecular flexibility index (Phi) is 6.64. The molecule has 0 aliphatic rings. The highest BCUT2D eigenvalue weighted by Crippen LogP contribution is 2.46. The molecule has 7 nitrogen and oxygen atoms in total. The fourth-order valence-electron chi connectivity index (χ4n) is 3.09. The number of carbonyl (C=O) groups is 1. The quantitative estimate of drug-likeness (QED) is 0.421. The molecule has 0 fully saturated rings. The number of likely N-dealkylation sites (N-methyl/N-ethyl adjacent to an activating group) is 1. The maximum absolute atomic E-state index is 13.2. The molecule has 0 radical (unpaired) electrons. The Bertz CT molecular complexity index is 1070. The van der Waals surface area contributed by atoms with Crippen LogP contribution < -0.4 is 14.2 Å². The summed E-state index contributed by atoms with van der Waals surface area (Å²) in [6.07, 6.45) is 4.55. The standard InChI is InChI=1S/C23H25NO6/c1-24(2)11-13-30-22-19(18(26)9-8-15-6-5-7-16(25)14-15)20(27-3)17-10-12-29-21(17)23(22)28-4/h5-10,12,14,25H,11,13H2,1-4H3/b9-8+. The molecule has 0 saturated heterocycles. The van der Waals surface area contributed by atoms with E-state index in [1.165, 1.54) is 26.6 Å². The summed E-state index contributed by atoms with van der Waals surface area (Å²) in [7, 11) is 6.86. The molecule has 0 aliphatic carbocycles. The smallest absolute Gasteiger partial charge is 0.205 e. The average Bonchev–Trinajstić information content (AvgIpc) is 3.20. The lowest BCUT2D eigenvalue weighted by Crippen LogP contribution is -2.20. The van der Waals surface area contributed by atoms with Crippen molar-refractivity contribution in [1.29, 1.82) is 0 Å². The number of furan rings is 1. The van der Waals surface area contributed by atoms with Gasteiger partial charge in [-0.25, -0.2) is 0 Å². The summed E-state index contributed by atoms with van der Waals surface area (Å²) in [5, 5.41) is 10.3. The van der Waals surface area contributed by atoms with Gasteiger partial charge in [0.2, 0.25) is 5.75 Å². The van der Waals surface area contributed by atoms with Gasteiger partial charge in [0, 0.05) is 6.54 Å². The molecule has 3 aromatic rings. The van der Waals surface area contributed by atoms with E-state index in [9.17, 15) is 9.90 Å². The molecule has 1 aromatic heterocycles. The minimum absolute atomic E-state index is 0.122. The van der Waals surface area contributed by atoms with Crippen molar-refractivity contribution in [3.8, 4) is 23.0 Å². The Balaban J connectivity index is 2.10. The Morgan fingerprint density at radius 2 is 1.90 bits per heavy atom. The summed E-state index contributed by atoms with van der Waals surface area (Å²) in [6, 6.07) is 8.34. The zero-order valence-electron chi connectivity index (χ0n) is 17.5. The van der Waals surface area contributed by atoms with Gasteiger partial charge in [-0.1, -0.05) is 18.2 Å². The van der Waals surface area contributed by atoms with Crippen molar-refractivity contribution in [3.05, 3.63) is 53.8 Å². The third-order valence-corrected chi connectivity index (χ3v) is 4.51. The molecule has 0 aliphatic heterocycles. The van der Waals surface area contributed by atoms with Crippen molar-refractivity contribution in [2.24, 2.45) is 0 Å². The molecule has 0 spiro atoms. The SMILES string of the molecule is COc1c(C(=O)/C=C/c2cccc(O)c2)c(OCCN(C)C)c(OC)c2occc12. The number of ketones is 1. The zero-order valence-corrected chi connectivity index (χ0v) is 17.5. The molecule has 7 heteroatoms. The number of fused-ring (bicyclic) bond motifs is 1. The molecule has 158 valence electrons. The van der Waals surface area contributed by atoms with E-state index in [0.29, 0.717) is 41.2 Å². The van der Waals surface area contributed by atoms with E-state index in [4.69, 9.17) is 18.6 Å². The van der Waals surface area contributed by atoms with E-state index >= 15 is 0 Å². The number of benzene rings is 2. The average molecular weight is 411 g/mol. The number of methoxy groups -OCH3 is 2. The second-order valence-corrected chi connectivity index (χ2v) is 6.88. The van der Waals surface area contributed by atoms with Crippen LogP contribution in [-0.4, -0.2) is 57.3 Å². The summed E-state index contributed by atoms with van der Waals surface area (Å²) >= 11 is 0. The van der Waals surface area contributed by atoms with Gasteiger partial charge in [0.1, 0.15) is 23.7 Å². The lowest BCUT2D eigenvalue weighted by Gasteiger charge is -2.18. The molecular formula is C23H25NO6. The fourth-order valence-corrected chi connectivity index (χ4v) is 3.09. The maximum Gasteiger partial charge on any atom is 0.205 e. The fraction of sp³-hybridized carbons (Fsp3) is 0.261. The largest absolute Gasteiger partial charge is 0.508 e. The van der Waals surface area contributed by atoms with Crippen LogP contribution in [0.2, 0.25) is 0 Å². The molecule has 2 aromatic carbocycles. The van der Waals surface area contributed by atoms with E-state index in [1.54, 1.807) is 36.4 Å². The number of rotatable bonds is 9. The molecule has 1 heterocycles. The van der Waals surface area contributed by atoms with Crippen LogP contribution in [0.25, 0.3) is 17.0 Å². The zero-order chi connectivity index (χ0) is 21.7. The second kappa shape index (κ2) is 9.37. The van der Waals surface area contributed by atoms with Crippen LogP contribution in [0.5, 0.6) is 23.0 Å². The molecular weight excluding hydrogens is 386 g/mol. The first-order valence-corrected chi connectivity index (χ1v) is 9.40. The van der Waals surface area contributed by atoms with E-state index in [0.717, 1.165) is 0 Å². The van der Waals surface area contributed by atoms with Crippen molar-refractivity contribution in [2.45, 2.75) is 0 Å². The number of allylic oxidation sites excluding steroid dienone is 1. The van der Waals surface area contributed by atoms with Gasteiger partial charge in [-0.15, -0.1) is 0 Å². The Hall–Kier alpha value is -3.45. The number of aromatic hydroxyl groups is 1. The van der Waals surface area contributed by atoms with Crippen LogP contribution in [0.3, 0.4) is 0 Å². The minimum atomic E-state index is -0.323. The highest BCUT2D eigenvalue weighted by atomic mass is 16.5. The van der Waals surface area contributed by atoms with Crippen LogP contribution in [0.15, 0.2) is 47.1 Å². The monoisotopic (exact) mass is 411 g/mol. The van der Waals surface area contributed by atoms with Gasteiger partial charge in [-0.05, 0) is 43.9 Å². The Labute approximate surface area is 175 Å². The first-order valence-electron chi connectivity index (χ1n) is 9.40. The molecule has 3 rings (SSSR count). The number of phenolic OH excluding ortho intramolecular Hbond substituents is 1. The van der Waals surface area contributed by atoms with Gasteiger partial charge in [0.25, 0.3) is 0 Å². The van der Waals surface area contributed by atoms with Gasteiger partial charge in [-0.2, -0.15) is 0 Å². The Morgan fingerprint density at radius 3 is 2.57 bits per heavy atom. The number of phenols is 1. The van der Waals surface area contributed by atoms with Crippen LogP contribution in [0, 0.1) is 0 Å². The lowest BCUT2D eigenvalue weighted by molar-refractivity contribution is 0.104. The van der Waals surface area contributed by atoms with Crippen LogP contribution in [0.4, 0.5) is 0 Å². The van der Waals surface area contributed by atoms with Crippen molar-refractivity contribution in [3.63, 3.8) is 0 Å². The molecule has 30 heavy (non-hydrogen) atoms. The summed E-state index contributed by atoms with van der Waals surface area (Å²) < 4.78 is 22.7. The second-order valence-electron chi connectivity index (χ2n) is 6.88. The normalized spacial score (nSPS) is 11.4.